The Morgan fingerprint density at radius 1 is 1.31 bits per heavy atom. The van der Waals surface area contributed by atoms with E-state index in [9.17, 15) is 9.18 Å². The van der Waals surface area contributed by atoms with E-state index in [1.54, 1.807) is 19.1 Å². The van der Waals surface area contributed by atoms with Gasteiger partial charge >= 0.3 is 5.97 Å². The minimum atomic E-state index is -0.358. The van der Waals surface area contributed by atoms with Gasteiger partial charge in [0.15, 0.2) is 0 Å². The van der Waals surface area contributed by atoms with Crippen LogP contribution in [0.2, 0.25) is 0 Å². The topological polar surface area (TPSA) is 26.3 Å². The second-order valence-corrected chi connectivity index (χ2v) is 3.28. The van der Waals surface area contributed by atoms with Crippen molar-refractivity contribution in [2.24, 2.45) is 0 Å². The first kappa shape index (κ1) is 12.4. The van der Waals surface area contributed by atoms with Crippen LogP contribution in [0, 0.1) is 5.82 Å². The van der Waals surface area contributed by atoms with Crippen LogP contribution in [0.25, 0.3) is 5.57 Å². The van der Waals surface area contributed by atoms with Crippen LogP contribution in [-0.2, 0) is 9.53 Å². The third kappa shape index (κ3) is 3.50. The minimum Gasteiger partial charge on any atom is -0.463 e. The van der Waals surface area contributed by atoms with Crippen molar-refractivity contribution in [2.75, 3.05) is 6.61 Å². The van der Waals surface area contributed by atoms with Crippen molar-refractivity contribution in [3.05, 3.63) is 41.7 Å². The van der Waals surface area contributed by atoms with Crippen LogP contribution in [0.4, 0.5) is 4.39 Å². The molecule has 0 aliphatic carbocycles. The number of halogens is 1. The van der Waals surface area contributed by atoms with Crippen molar-refractivity contribution < 1.29 is 13.9 Å². The maximum atomic E-state index is 12.7. The van der Waals surface area contributed by atoms with Gasteiger partial charge in [-0.15, -0.1) is 0 Å². The number of rotatable bonds is 4. The summed E-state index contributed by atoms with van der Waals surface area (Å²) >= 11 is 0. The number of hydrogen-bond donors (Lipinski definition) is 0. The van der Waals surface area contributed by atoms with Gasteiger partial charge in [0.05, 0.1) is 6.61 Å². The van der Waals surface area contributed by atoms with Crippen molar-refractivity contribution in [1.29, 1.82) is 0 Å². The standard InChI is InChI=1S/C13H15FO2/c1-3-10(9-13(15)16-4-2)11-5-7-12(14)8-6-11/h5-9H,3-4H2,1-2H3/b10-9+. The zero-order valence-electron chi connectivity index (χ0n) is 9.50. The average molecular weight is 222 g/mol. The lowest BCUT2D eigenvalue weighted by atomic mass is 10.0. The second kappa shape index (κ2) is 6.05. The van der Waals surface area contributed by atoms with E-state index < -0.39 is 0 Å². The van der Waals surface area contributed by atoms with Gasteiger partial charge in [-0.3, -0.25) is 0 Å². The molecule has 16 heavy (non-hydrogen) atoms. The molecular weight excluding hydrogens is 207 g/mol. The lowest BCUT2D eigenvalue weighted by Gasteiger charge is -2.04. The Bertz CT molecular complexity index is 379. The Hall–Kier alpha value is -1.64. The predicted octanol–water partition coefficient (Wildman–Crippen LogP) is 3.18. The van der Waals surface area contributed by atoms with Crippen molar-refractivity contribution >= 4 is 11.5 Å². The van der Waals surface area contributed by atoms with Gasteiger partial charge in [0, 0.05) is 6.08 Å². The summed E-state index contributed by atoms with van der Waals surface area (Å²) in [6.45, 7) is 4.05. The summed E-state index contributed by atoms with van der Waals surface area (Å²) in [6.07, 6.45) is 2.15. The Balaban J connectivity index is 2.89. The van der Waals surface area contributed by atoms with Gasteiger partial charge < -0.3 is 4.74 Å². The molecule has 1 aromatic carbocycles. The quantitative estimate of drug-likeness (QED) is 0.577. The van der Waals surface area contributed by atoms with Gasteiger partial charge in [-0.05, 0) is 36.6 Å². The van der Waals surface area contributed by atoms with Crippen molar-refractivity contribution in [1.82, 2.24) is 0 Å². The molecule has 0 amide bonds. The van der Waals surface area contributed by atoms with E-state index in [4.69, 9.17) is 4.74 Å². The number of carbonyl (C=O) groups excluding carboxylic acids is 1. The molecule has 0 aromatic heterocycles. The summed E-state index contributed by atoms with van der Waals surface area (Å²) < 4.78 is 17.6. The van der Waals surface area contributed by atoms with E-state index in [-0.39, 0.29) is 11.8 Å². The number of carbonyl (C=O) groups is 1. The number of esters is 1. The molecule has 0 unspecified atom stereocenters. The second-order valence-electron chi connectivity index (χ2n) is 3.28. The predicted molar refractivity (Wildman–Crippen MR) is 61.3 cm³/mol. The minimum absolute atomic E-state index is 0.282. The normalized spacial score (nSPS) is 11.3. The van der Waals surface area contributed by atoms with Crippen LogP contribution in [-0.4, -0.2) is 12.6 Å². The fourth-order valence-electron chi connectivity index (χ4n) is 1.38. The monoisotopic (exact) mass is 222 g/mol. The van der Waals surface area contributed by atoms with Crippen LogP contribution in [0.1, 0.15) is 25.8 Å². The molecule has 1 aromatic rings. The van der Waals surface area contributed by atoms with E-state index in [1.807, 2.05) is 6.92 Å². The molecular formula is C13H15FO2. The van der Waals surface area contributed by atoms with E-state index in [0.29, 0.717) is 13.0 Å². The molecule has 0 radical (unpaired) electrons. The fraction of sp³-hybridized carbons (Fsp3) is 0.308. The average Bonchev–Trinajstić information content (AvgIpc) is 2.27. The van der Waals surface area contributed by atoms with E-state index >= 15 is 0 Å². The smallest absolute Gasteiger partial charge is 0.331 e. The van der Waals surface area contributed by atoms with Crippen molar-refractivity contribution in [3.8, 4) is 0 Å². The Labute approximate surface area is 94.7 Å². The zero-order valence-corrected chi connectivity index (χ0v) is 9.50. The molecule has 2 nitrogen and oxygen atoms in total. The molecule has 0 spiro atoms. The maximum absolute atomic E-state index is 12.7. The van der Waals surface area contributed by atoms with Crippen LogP contribution >= 0.6 is 0 Å². The lowest BCUT2D eigenvalue weighted by molar-refractivity contribution is -0.137. The lowest BCUT2D eigenvalue weighted by Crippen LogP contribution is -2.00. The Morgan fingerprint density at radius 2 is 1.94 bits per heavy atom. The molecule has 0 saturated heterocycles. The fourth-order valence-corrected chi connectivity index (χ4v) is 1.38. The molecule has 0 heterocycles. The van der Waals surface area contributed by atoms with Crippen LogP contribution in [0.5, 0.6) is 0 Å². The largest absolute Gasteiger partial charge is 0.463 e. The van der Waals surface area contributed by atoms with Crippen molar-refractivity contribution in [3.63, 3.8) is 0 Å². The van der Waals surface area contributed by atoms with Crippen LogP contribution < -0.4 is 0 Å². The van der Waals surface area contributed by atoms with Crippen LogP contribution in [0.3, 0.4) is 0 Å². The summed E-state index contributed by atoms with van der Waals surface area (Å²) in [6, 6.07) is 6.07. The molecule has 86 valence electrons. The molecule has 0 saturated carbocycles. The van der Waals surface area contributed by atoms with Gasteiger partial charge in [0.1, 0.15) is 5.82 Å². The first-order valence-corrected chi connectivity index (χ1v) is 5.30. The summed E-state index contributed by atoms with van der Waals surface area (Å²) in [7, 11) is 0. The van der Waals surface area contributed by atoms with E-state index in [0.717, 1.165) is 11.1 Å². The summed E-state index contributed by atoms with van der Waals surface area (Å²) in [5, 5.41) is 0. The highest BCUT2D eigenvalue weighted by atomic mass is 19.1. The molecule has 0 atom stereocenters. The number of benzene rings is 1. The van der Waals surface area contributed by atoms with Gasteiger partial charge in [-0.1, -0.05) is 19.1 Å². The third-order valence-electron chi connectivity index (χ3n) is 2.17. The number of ether oxygens (including phenoxy) is 1. The highest BCUT2D eigenvalue weighted by molar-refractivity contribution is 5.91. The van der Waals surface area contributed by atoms with E-state index in [2.05, 4.69) is 0 Å². The van der Waals surface area contributed by atoms with Crippen LogP contribution in [0.15, 0.2) is 30.3 Å². The molecule has 0 aliphatic rings. The van der Waals surface area contributed by atoms with Gasteiger partial charge in [0.2, 0.25) is 0 Å². The highest BCUT2D eigenvalue weighted by Crippen LogP contribution is 2.18. The SMILES string of the molecule is CCOC(=O)/C=C(\CC)c1ccc(F)cc1. The first-order valence-electron chi connectivity index (χ1n) is 5.30. The summed E-state index contributed by atoms with van der Waals surface area (Å²) in [4.78, 5) is 11.3. The molecule has 0 bridgehead atoms. The summed E-state index contributed by atoms with van der Waals surface area (Å²) in [5.74, 6) is -0.640. The van der Waals surface area contributed by atoms with E-state index in [1.165, 1.54) is 18.2 Å². The summed E-state index contributed by atoms with van der Waals surface area (Å²) in [5.41, 5.74) is 1.69. The van der Waals surface area contributed by atoms with Gasteiger partial charge in [-0.25, -0.2) is 9.18 Å². The van der Waals surface area contributed by atoms with Crippen molar-refractivity contribution in [2.45, 2.75) is 20.3 Å². The Kier molecular flexibility index (Phi) is 4.70. The zero-order chi connectivity index (χ0) is 12.0. The maximum Gasteiger partial charge on any atom is 0.331 e. The number of hydrogen-bond acceptors (Lipinski definition) is 2. The third-order valence-corrected chi connectivity index (χ3v) is 2.17. The van der Waals surface area contributed by atoms with Gasteiger partial charge in [0.25, 0.3) is 0 Å². The molecule has 3 heteroatoms. The molecule has 1 rings (SSSR count). The molecule has 0 aliphatic heterocycles. The molecule has 0 fully saturated rings. The molecule has 0 N–H and O–H groups in total. The highest BCUT2D eigenvalue weighted by Gasteiger charge is 2.03. The number of allylic oxidation sites excluding steroid dienone is 1. The van der Waals surface area contributed by atoms with Gasteiger partial charge in [-0.2, -0.15) is 0 Å². The Morgan fingerprint density at radius 3 is 2.44 bits per heavy atom. The first-order chi connectivity index (χ1) is 7.67.